The Kier molecular flexibility index (Phi) is 5.73. The van der Waals surface area contributed by atoms with Crippen molar-refractivity contribution >= 4 is 48.6 Å². The average molecular weight is 504 g/mol. The van der Waals surface area contributed by atoms with E-state index in [-0.39, 0.29) is 0 Å². The molecule has 7 rings (SSSR count). The molecule has 0 aliphatic rings. The zero-order valence-electron chi connectivity index (χ0n) is 20.8. The third-order valence-electron chi connectivity index (χ3n) is 7.06. The fraction of sp³-hybridized carbons (Fsp3) is 0. The molecular weight excluding hydrogens is 478 g/mol. The first-order chi connectivity index (χ1) is 18.9. The van der Waals surface area contributed by atoms with E-state index < -0.39 is 0 Å². The minimum absolute atomic E-state index is 1.13. The summed E-state index contributed by atoms with van der Waals surface area (Å²) in [5.74, 6) is 0. The van der Waals surface area contributed by atoms with Crippen LogP contribution in [0.15, 0.2) is 152 Å². The Balaban J connectivity index is 1.54. The maximum Gasteiger partial charge on any atom is 0.0618 e. The summed E-state index contributed by atoms with van der Waals surface area (Å²) in [6, 6.07) is 54.4. The van der Waals surface area contributed by atoms with Crippen LogP contribution >= 0.6 is 11.3 Å². The largest absolute Gasteiger partial charge is 0.309 e. The van der Waals surface area contributed by atoms with Crippen molar-refractivity contribution in [2.45, 2.75) is 0 Å². The lowest BCUT2D eigenvalue weighted by Crippen LogP contribution is -2.12. The third kappa shape index (κ3) is 3.96. The van der Waals surface area contributed by atoms with Crippen molar-refractivity contribution in [2.75, 3.05) is 4.90 Å². The van der Waals surface area contributed by atoms with Crippen LogP contribution in [0.2, 0.25) is 0 Å². The maximum atomic E-state index is 2.43. The number of rotatable bonds is 5. The number of nitrogens with zero attached hydrogens (tertiary/aromatic N) is 1. The standard InChI is InChI=1S/C36H25NS/c1-4-13-26(14-5-1)30-20-12-21-31(27-15-6-2-7-16-27)36(30)37(28-17-8-3-9-18-28)29-23-24-33-32-19-10-11-22-34(32)38-35(33)25-29/h1-25H. The molecule has 0 unspecified atom stereocenters. The van der Waals surface area contributed by atoms with Crippen molar-refractivity contribution in [2.24, 2.45) is 0 Å². The molecule has 0 spiro atoms. The van der Waals surface area contributed by atoms with Crippen LogP contribution in [0, 0.1) is 0 Å². The molecule has 0 saturated carbocycles. The predicted octanol–water partition coefficient (Wildman–Crippen LogP) is 10.9. The summed E-state index contributed by atoms with van der Waals surface area (Å²) in [5, 5.41) is 2.63. The Morgan fingerprint density at radius 2 is 0.947 bits per heavy atom. The molecule has 1 nitrogen and oxygen atoms in total. The zero-order valence-corrected chi connectivity index (χ0v) is 21.6. The summed E-state index contributed by atoms with van der Waals surface area (Å²) >= 11 is 1.86. The maximum absolute atomic E-state index is 2.43. The number of fused-ring (bicyclic) bond motifs is 3. The second-order valence-electron chi connectivity index (χ2n) is 9.38. The summed E-state index contributed by atoms with van der Waals surface area (Å²) in [6.45, 7) is 0. The van der Waals surface area contributed by atoms with Gasteiger partial charge in [-0.25, -0.2) is 0 Å². The van der Waals surface area contributed by atoms with Gasteiger partial charge in [-0.3, -0.25) is 0 Å². The number of benzene rings is 6. The first kappa shape index (κ1) is 22.5. The van der Waals surface area contributed by atoms with Crippen LogP contribution in [0.1, 0.15) is 0 Å². The lowest BCUT2D eigenvalue weighted by molar-refractivity contribution is 1.29. The van der Waals surface area contributed by atoms with E-state index >= 15 is 0 Å². The van der Waals surface area contributed by atoms with Crippen molar-refractivity contribution < 1.29 is 0 Å². The summed E-state index contributed by atoms with van der Waals surface area (Å²) in [4.78, 5) is 2.43. The van der Waals surface area contributed by atoms with Gasteiger partial charge in [-0.05, 0) is 41.5 Å². The molecule has 6 aromatic carbocycles. The first-order valence-corrected chi connectivity index (χ1v) is 13.7. The van der Waals surface area contributed by atoms with Gasteiger partial charge in [0.05, 0.1) is 5.69 Å². The van der Waals surface area contributed by atoms with Crippen molar-refractivity contribution in [1.29, 1.82) is 0 Å². The lowest BCUT2D eigenvalue weighted by atomic mass is 9.94. The fourth-order valence-corrected chi connectivity index (χ4v) is 6.46. The molecule has 0 amide bonds. The highest BCUT2D eigenvalue weighted by atomic mass is 32.1. The molecule has 1 heterocycles. The zero-order chi connectivity index (χ0) is 25.3. The van der Waals surface area contributed by atoms with E-state index in [4.69, 9.17) is 0 Å². The van der Waals surface area contributed by atoms with Gasteiger partial charge in [0, 0.05) is 42.7 Å². The molecule has 0 aliphatic carbocycles. The van der Waals surface area contributed by atoms with E-state index in [9.17, 15) is 0 Å². The van der Waals surface area contributed by atoms with Crippen LogP contribution in [-0.4, -0.2) is 0 Å². The van der Waals surface area contributed by atoms with E-state index in [0.717, 1.165) is 11.4 Å². The smallest absolute Gasteiger partial charge is 0.0618 e. The molecular formula is C36H25NS. The second kappa shape index (κ2) is 9.66. The van der Waals surface area contributed by atoms with Crippen LogP contribution < -0.4 is 4.90 Å². The molecule has 0 bridgehead atoms. The van der Waals surface area contributed by atoms with Gasteiger partial charge in [0.25, 0.3) is 0 Å². The number of hydrogen-bond donors (Lipinski definition) is 0. The Morgan fingerprint density at radius 3 is 1.61 bits per heavy atom. The van der Waals surface area contributed by atoms with E-state index in [1.54, 1.807) is 0 Å². The van der Waals surface area contributed by atoms with E-state index in [2.05, 4.69) is 157 Å². The van der Waals surface area contributed by atoms with Crippen molar-refractivity contribution in [3.8, 4) is 22.3 Å². The van der Waals surface area contributed by atoms with E-state index in [0.29, 0.717) is 0 Å². The molecule has 0 saturated heterocycles. The molecule has 1 aromatic heterocycles. The van der Waals surface area contributed by atoms with E-state index in [1.165, 1.54) is 48.1 Å². The third-order valence-corrected chi connectivity index (χ3v) is 8.20. The highest BCUT2D eigenvalue weighted by molar-refractivity contribution is 7.25. The van der Waals surface area contributed by atoms with E-state index in [1.807, 2.05) is 11.3 Å². The summed E-state index contributed by atoms with van der Waals surface area (Å²) in [6.07, 6.45) is 0. The van der Waals surface area contributed by atoms with Crippen molar-refractivity contribution in [3.05, 3.63) is 152 Å². The summed E-state index contributed by atoms with van der Waals surface area (Å²) < 4.78 is 2.61. The quantitative estimate of drug-likeness (QED) is 0.226. The minimum atomic E-state index is 1.13. The monoisotopic (exact) mass is 503 g/mol. The van der Waals surface area contributed by atoms with Crippen LogP contribution in [0.25, 0.3) is 42.4 Å². The Labute approximate surface area is 226 Å². The minimum Gasteiger partial charge on any atom is -0.309 e. The fourth-order valence-electron chi connectivity index (χ4n) is 5.32. The molecule has 38 heavy (non-hydrogen) atoms. The number of thiophene rings is 1. The SMILES string of the molecule is c1ccc(-c2cccc(-c3ccccc3)c2N(c2ccccc2)c2ccc3c(c2)sc2ccccc23)cc1. The van der Waals surface area contributed by atoms with Gasteiger partial charge in [-0.15, -0.1) is 11.3 Å². The number of anilines is 3. The lowest BCUT2D eigenvalue weighted by Gasteiger charge is -2.30. The van der Waals surface area contributed by atoms with Gasteiger partial charge in [0.15, 0.2) is 0 Å². The molecule has 0 fully saturated rings. The highest BCUT2D eigenvalue weighted by Crippen LogP contribution is 2.47. The van der Waals surface area contributed by atoms with Gasteiger partial charge < -0.3 is 4.90 Å². The van der Waals surface area contributed by atoms with Gasteiger partial charge in [0.2, 0.25) is 0 Å². The summed E-state index contributed by atoms with van der Waals surface area (Å²) in [7, 11) is 0. The molecule has 0 aliphatic heterocycles. The van der Waals surface area contributed by atoms with Gasteiger partial charge >= 0.3 is 0 Å². The number of hydrogen-bond acceptors (Lipinski definition) is 2. The van der Waals surface area contributed by atoms with Gasteiger partial charge in [-0.2, -0.15) is 0 Å². The summed E-state index contributed by atoms with van der Waals surface area (Å²) in [5.41, 5.74) is 8.26. The Hall–Kier alpha value is -4.66. The van der Waals surface area contributed by atoms with Crippen LogP contribution in [-0.2, 0) is 0 Å². The van der Waals surface area contributed by atoms with Crippen molar-refractivity contribution in [1.82, 2.24) is 0 Å². The Morgan fingerprint density at radius 1 is 0.395 bits per heavy atom. The average Bonchev–Trinajstić information content (AvgIpc) is 3.37. The highest BCUT2D eigenvalue weighted by Gasteiger charge is 2.22. The predicted molar refractivity (Wildman–Crippen MR) is 165 cm³/mol. The second-order valence-corrected chi connectivity index (χ2v) is 10.5. The topological polar surface area (TPSA) is 3.24 Å². The Bertz CT molecular complexity index is 1800. The van der Waals surface area contributed by atoms with Crippen LogP contribution in [0.3, 0.4) is 0 Å². The first-order valence-electron chi connectivity index (χ1n) is 12.9. The van der Waals surface area contributed by atoms with Crippen LogP contribution in [0.5, 0.6) is 0 Å². The van der Waals surface area contributed by atoms with Crippen LogP contribution in [0.4, 0.5) is 17.1 Å². The number of para-hydroxylation sites is 2. The normalized spacial score (nSPS) is 11.2. The van der Waals surface area contributed by atoms with Gasteiger partial charge in [-0.1, -0.05) is 121 Å². The molecule has 180 valence electrons. The molecule has 7 aromatic rings. The molecule has 0 N–H and O–H groups in total. The van der Waals surface area contributed by atoms with Gasteiger partial charge in [0.1, 0.15) is 0 Å². The molecule has 0 radical (unpaired) electrons. The molecule has 0 atom stereocenters. The van der Waals surface area contributed by atoms with Crippen molar-refractivity contribution in [3.63, 3.8) is 0 Å². The molecule has 2 heteroatoms.